The molecule has 2 atom stereocenters. The van der Waals surface area contributed by atoms with Crippen LogP contribution in [-0.4, -0.2) is 13.1 Å². The van der Waals surface area contributed by atoms with Crippen molar-refractivity contribution < 1.29 is 0 Å². The molecule has 0 aromatic heterocycles. The fourth-order valence-electron chi connectivity index (χ4n) is 2.08. The second-order valence-electron chi connectivity index (χ2n) is 3.35. The highest BCUT2D eigenvalue weighted by Gasteiger charge is 2.21. The van der Waals surface area contributed by atoms with Crippen molar-refractivity contribution in [1.82, 2.24) is 5.32 Å². The van der Waals surface area contributed by atoms with Crippen molar-refractivity contribution in [2.75, 3.05) is 7.05 Å². The first-order chi connectivity index (χ1) is 4.88. The molecule has 0 amide bonds. The van der Waals surface area contributed by atoms with Crippen molar-refractivity contribution in [2.45, 2.75) is 45.1 Å². The normalized spacial score (nSPS) is 34.2. The molecule has 60 valence electrons. The van der Waals surface area contributed by atoms with Gasteiger partial charge in [0.1, 0.15) is 0 Å². The average Bonchev–Trinajstić information content (AvgIpc) is 2.04. The highest BCUT2D eigenvalue weighted by Crippen LogP contribution is 2.26. The summed E-state index contributed by atoms with van der Waals surface area (Å²) in [6, 6.07) is 0.818. The Kier molecular flexibility index (Phi) is 3.20. The standard InChI is InChI=1S/C9H19N/c1-3-8-6-4-5-7-9(8)10-2/h8-10H,3-7H2,1-2H3. The van der Waals surface area contributed by atoms with Crippen LogP contribution in [-0.2, 0) is 0 Å². The van der Waals surface area contributed by atoms with Crippen molar-refractivity contribution in [2.24, 2.45) is 5.92 Å². The van der Waals surface area contributed by atoms with Crippen LogP contribution >= 0.6 is 0 Å². The minimum Gasteiger partial charge on any atom is -0.317 e. The molecule has 1 fully saturated rings. The third-order valence-corrected chi connectivity index (χ3v) is 2.80. The highest BCUT2D eigenvalue weighted by molar-refractivity contribution is 4.78. The van der Waals surface area contributed by atoms with Gasteiger partial charge in [-0.05, 0) is 25.8 Å². The van der Waals surface area contributed by atoms with Gasteiger partial charge in [0, 0.05) is 6.04 Å². The average molecular weight is 141 g/mol. The zero-order chi connectivity index (χ0) is 7.40. The first kappa shape index (κ1) is 8.06. The predicted octanol–water partition coefficient (Wildman–Crippen LogP) is 2.17. The molecule has 0 aromatic carbocycles. The third-order valence-electron chi connectivity index (χ3n) is 2.80. The Hall–Kier alpha value is -0.0400. The van der Waals surface area contributed by atoms with Gasteiger partial charge in [0.05, 0.1) is 0 Å². The van der Waals surface area contributed by atoms with Crippen LogP contribution in [0.15, 0.2) is 0 Å². The van der Waals surface area contributed by atoms with E-state index in [4.69, 9.17) is 0 Å². The summed E-state index contributed by atoms with van der Waals surface area (Å²) < 4.78 is 0. The molecule has 0 heterocycles. The molecule has 1 aliphatic carbocycles. The molecule has 0 spiro atoms. The van der Waals surface area contributed by atoms with Crippen LogP contribution in [0.1, 0.15) is 39.0 Å². The second kappa shape index (κ2) is 3.97. The summed E-state index contributed by atoms with van der Waals surface area (Å²) in [5, 5.41) is 3.40. The summed E-state index contributed by atoms with van der Waals surface area (Å²) in [6.45, 7) is 2.31. The Morgan fingerprint density at radius 3 is 2.50 bits per heavy atom. The van der Waals surface area contributed by atoms with E-state index in [1.807, 2.05) is 0 Å². The van der Waals surface area contributed by atoms with Gasteiger partial charge >= 0.3 is 0 Å². The predicted molar refractivity (Wildman–Crippen MR) is 45.1 cm³/mol. The van der Waals surface area contributed by atoms with Gasteiger partial charge in [-0.25, -0.2) is 0 Å². The topological polar surface area (TPSA) is 12.0 Å². The highest BCUT2D eigenvalue weighted by atomic mass is 14.9. The molecule has 1 nitrogen and oxygen atoms in total. The summed E-state index contributed by atoms with van der Waals surface area (Å²) >= 11 is 0. The summed E-state index contributed by atoms with van der Waals surface area (Å²) in [6.07, 6.45) is 7.08. The minimum atomic E-state index is 0.818. The van der Waals surface area contributed by atoms with E-state index in [0.29, 0.717) is 0 Å². The molecular formula is C9H19N. The van der Waals surface area contributed by atoms with Crippen LogP contribution in [0.5, 0.6) is 0 Å². The second-order valence-corrected chi connectivity index (χ2v) is 3.35. The molecule has 0 radical (unpaired) electrons. The molecule has 0 aliphatic heterocycles. The summed E-state index contributed by atoms with van der Waals surface area (Å²) in [5.41, 5.74) is 0. The maximum absolute atomic E-state index is 3.40. The van der Waals surface area contributed by atoms with Gasteiger partial charge in [-0.15, -0.1) is 0 Å². The van der Waals surface area contributed by atoms with E-state index in [-0.39, 0.29) is 0 Å². The molecule has 1 heteroatoms. The molecule has 1 saturated carbocycles. The maximum Gasteiger partial charge on any atom is 0.00922 e. The smallest absolute Gasteiger partial charge is 0.00922 e. The van der Waals surface area contributed by atoms with E-state index >= 15 is 0 Å². The fourth-order valence-corrected chi connectivity index (χ4v) is 2.08. The van der Waals surface area contributed by atoms with Gasteiger partial charge in [-0.1, -0.05) is 26.2 Å². The van der Waals surface area contributed by atoms with Gasteiger partial charge < -0.3 is 5.32 Å². The molecule has 10 heavy (non-hydrogen) atoms. The Bertz CT molecular complexity index is 78.7. The molecule has 0 saturated heterocycles. The maximum atomic E-state index is 3.40. The largest absolute Gasteiger partial charge is 0.317 e. The molecule has 2 unspecified atom stereocenters. The van der Waals surface area contributed by atoms with Gasteiger partial charge in [-0.2, -0.15) is 0 Å². The first-order valence-corrected chi connectivity index (χ1v) is 4.55. The van der Waals surface area contributed by atoms with Gasteiger partial charge in [0.25, 0.3) is 0 Å². The van der Waals surface area contributed by atoms with E-state index in [1.54, 1.807) is 0 Å². The molecule has 0 bridgehead atoms. The van der Waals surface area contributed by atoms with Crippen LogP contribution in [0.2, 0.25) is 0 Å². The Morgan fingerprint density at radius 2 is 2.00 bits per heavy atom. The van der Waals surface area contributed by atoms with Crippen molar-refractivity contribution in [3.8, 4) is 0 Å². The lowest BCUT2D eigenvalue weighted by Crippen LogP contribution is -2.35. The van der Waals surface area contributed by atoms with E-state index in [0.717, 1.165) is 12.0 Å². The number of nitrogens with one attached hydrogen (secondary N) is 1. The summed E-state index contributed by atoms with van der Waals surface area (Å²) in [4.78, 5) is 0. The van der Waals surface area contributed by atoms with Gasteiger partial charge in [-0.3, -0.25) is 0 Å². The lowest BCUT2D eigenvalue weighted by Gasteiger charge is -2.30. The lowest BCUT2D eigenvalue weighted by molar-refractivity contribution is 0.267. The van der Waals surface area contributed by atoms with E-state index in [9.17, 15) is 0 Å². The van der Waals surface area contributed by atoms with Crippen LogP contribution in [0, 0.1) is 5.92 Å². The number of rotatable bonds is 2. The van der Waals surface area contributed by atoms with Crippen LogP contribution in [0.4, 0.5) is 0 Å². The quantitative estimate of drug-likeness (QED) is 0.621. The fraction of sp³-hybridized carbons (Fsp3) is 1.00. The summed E-state index contributed by atoms with van der Waals surface area (Å²) in [7, 11) is 2.10. The summed E-state index contributed by atoms with van der Waals surface area (Å²) in [5.74, 6) is 0.957. The third kappa shape index (κ3) is 1.72. The van der Waals surface area contributed by atoms with Crippen molar-refractivity contribution in [3.05, 3.63) is 0 Å². The van der Waals surface area contributed by atoms with E-state index in [1.165, 1.54) is 32.1 Å². The van der Waals surface area contributed by atoms with E-state index in [2.05, 4.69) is 19.3 Å². The van der Waals surface area contributed by atoms with Crippen LogP contribution < -0.4 is 5.32 Å². The van der Waals surface area contributed by atoms with Crippen LogP contribution in [0.25, 0.3) is 0 Å². The van der Waals surface area contributed by atoms with Crippen LogP contribution in [0.3, 0.4) is 0 Å². The first-order valence-electron chi connectivity index (χ1n) is 4.55. The zero-order valence-electron chi connectivity index (χ0n) is 7.19. The lowest BCUT2D eigenvalue weighted by atomic mass is 9.83. The zero-order valence-corrected chi connectivity index (χ0v) is 7.19. The molecule has 1 rings (SSSR count). The Morgan fingerprint density at radius 1 is 1.30 bits per heavy atom. The number of hydrogen-bond donors (Lipinski definition) is 1. The minimum absolute atomic E-state index is 0.818. The van der Waals surface area contributed by atoms with Crippen molar-refractivity contribution in [1.29, 1.82) is 0 Å². The van der Waals surface area contributed by atoms with Crippen molar-refractivity contribution >= 4 is 0 Å². The molecule has 0 aromatic rings. The van der Waals surface area contributed by atoms with Crippen molar-refractivity contribution in [3.63, 3.8) is 0 Å². The van der Waals surface area contributed by atoms with Gasteiger partial charge in [0.15, 0.2) is 0 Å². The Labute approximate surface area is 64.2 Å². The molecule has 1 aliphatic rings. The SMILES string of the molecule is CCC1CCCCC1NC. The molecule has 1 N–H and O–H groups in total. The Balaban J connectivity index is 2.34. The van der Waals surface area contributed by atoms with Gasteiger partial charge in [0.2, 0.25) is 0 Å². The van der Waals surface area contributed by atoms with E-state index < -0.39 is 0 Å². The monoisotopic (exact) mass is 141 g/mol. The number of hydrogen-bond acceptors (Lipinski definition) is 1. The molecular weight excluding hydrogens is 122 g/mol.